The van der Waals surface area contributed by atoms with Crippen molar-refractivity contribution in [2.75, 3.05) is 0 Å². The fourth-order valence-corrected chi connectivity index (χ4v) is 2.24. The fourth-order valence-electron chi connectivity index (χ4n) is 2.24. The number of nitrogens with one attached hydrogen (secondary N) is 1. The summed E-state index contributed by atoms with van der Waals surface area (Å²) in [7, 11) is 0. The predicted octanol–water partition coefficient (Wildman–Crippen LogP) is -0.223. The molecule has 7 nitrogen and oxygen atoms in total. The van der Waals surface area contributed by atoms with Gasteiger partial charge in [0.2, 0.25) is 0 Å². The molecule has 2 N–H and O–H groups in total. The van der Waals surface area contributed by atoms with E-state index in [0.29, 0.717) is 12.1 Å². The van der Waals surface area contributed by atoms with Crippen molar-refractivity contribution >= 4 is 5.91 Å². The van der Waals surface area contributed by atoms with Crippen LogP contribution in [0.5, 0.6) is 0 Å². The number of nitrogens with zero attached hydrogens (tertiary/aromatic N) is 4. The van der Waals surface area contributed by atoms with Gasteiger partial charge < -0.3 is 10.4 Å². The first-order chi connectivity index (χ1) is 9.25. The molecule has 2 heterocycles. The van der Waals surface area contributed by atoms with Gasteiger partial charge in [-0.2, -0.15) is 5.10 Å². The number of hydrogen-bond donors (Lipinski definition) is 2. The number of rotatable bonds is 3. The van der Waals surface area contributed by atoms with Gasteiger partial charge in [0, 0.05) is 18.6 Å². The van der Waals surface area contributed by atoms with Gasteiger partial charge in [-0.1, -0.05) is 0 Å². The van der Waals surface area contributed by atoms with Crippen LogP contribution in [0.3, 0.4) is 0 Å². The molecule has 3 rings (SSSR count). The molecule has 3 atom stereocenters. The van der Waals surface area contributed by atoms with Gasteiger partial charge in [-0.3, -0.25) is 9.48 Å². The minimum absolute atomic E-state index is 0.141. The molecule has 2 aromatic rings. The summed E-state index contributed by atoms with van der Waals surface area (Å²) in [4.78, 5) is 19.6. The van der Waals surface area contributed by atoms with Crippen LogP contribution in [0.4, 0.5) is 0 Å². The summed E-state index contributed by atoms with van der Waals surface area (Å²) >= 11 is 0. The largest absolute Gasteiger partial charge is 0.391 e. The maximum atomic E-state index is 12.0. The Morgan fingerprint density at radius 1 is 1.47 bits per heavy atom. The Balaban J connectivity index is 1.69. The molecule has 1 saturated carbocycles. The maximum absolute atomic E-state index is 12.0. The van der Waals surface area contributed by atoms with Crippen molar-refractivity contribution in [2.24, 2.45) is 0 Å². The number of aromatic nitrogens is 4. The van der Waals surface area contributed by atoms with Crippen molar-refractivity contribution in [3.63, 3.8) is 0 Å². The Morgan fingerprint density at radius 3 is 3.00 bits per heavy atom. The summed E-state index contributed by atoms with van der Waals surface area (Å²) in [6.07, 6.45) is 6.29. The van der Waals surface area contributed by atoms with Gasteiger partial charge in [-0.25, -0.2) is 9.97 Å². The second-order valence-electron chi connectivity index (χ2n) is 4.45. The first-order valence-corrected chi connectivity index (χ1v) is 6.00. The molecule has 0 aliphatic heterocycles. The molecule has 98 valence electrons. The second kappa shape index (κ2) is 4.77. The van der Waals surface area contributed by atoms with Crippen molar-refractivity contribution in [1.82, 2.24) is 25.1 Å². The molecule has 0 bridgehead atoms. The number of hydrogen-bond acceptors (Lipinski definition) is 5. The number of amides is 1. The van der Waals surface area contributed by atoms with Crippen LogP contribution in [0.15, 0.2) is 37.1 Å². The average molecular weight is 259 g/mol. The predicted molar refractivity (Wildman–Crippen MR) is 65.2 cm³/mol. The molecule has 1 aliphatic carbocycles. The molecule has 7 heteroatoms. The van der Waals surface area contributed by atoms with Crippen LogP contribution in [0.25, 0.3) is 0 Å². The van der Waals surface area contributed by atoms with Crippen LogP contribution >= 0.6 is 0 Å². The highest BCUT2D eigenvalue weighted by molar-refractivity contribution is 5.92. The van der Waals surface area contributed by atoms with Crippen LogP contribution in [-0.4, -0.2) is 42.9 Å². The molecular formula is C12H13N5O2. The van der Waals surface area contributed by atoms with Crippen LogP contribution in [0.2, 0.25) is 0 Å². The lowest BCUT2D eigenvalue weighted by atomic mass is 9.83. The molecule has 0 saturated heterocycles. The third-order valence-corrected chi connectivity index (χ3v) is 3.26. The summed E-state index contributed by atoms with van der Waals surface area (Å²) < 4.78 is 1.67. The highest BCUT2D eigenvalue weighted by atomic mass is 16.3. The summed E-state index contributed by atoms with van der Waals surface area (Å²) in [6, 6.07) is 2.97. The quantitative estimate of drug-likeness (QED) is 0.794. The molecule has 0 unspecified atom stereocenters. The summed E-state index contributed by atoms with van der Waals surface area (Å²) in [5.74, 6) is -0.267. The minimum Gasteiger partial charge on any atom is -0.391 e. The average Bonchev–Trinajstić information content (AvgIpc) is 2.92. The van der Waals surface area contributed by atoms with E-state index in [1.807, 2.05) is 0 Å². The Labute approximate surface area is 109 Å². The van der Waals surface area contributed by atoms with Crippen molar-refractivity contribution < 1.29 is 9.90 Å². The zero-order chi connectivity index (χ0) is 13.2. The number of carbonyl (C=O) groups excluding carboxylic acids is 1. The SMILES string of the molecule is O=C(N[C@H]1C[C@@H](O)[C@@H]1n1cccn1)c1ccncn1. The fraction of sp³-hybridized carbons (Fsp3) is 0.333. The zero-order valence-corrected chi connectivity index (χ0v) is 10.0. The van der Waals surface area contributed by atoms with Gasteiger partial charge in [0.25, 0.3) is 5.91 Å². The van der Waals surface area contributed by atoms with Crippen LogP contribution in [0.1, 0.15) is 23.0 Å². The van der Waals surface area contributed by atoms with Gasteiger partial charge in [0.05, 0.1) is 18.2 Å². The Kier molecular flexibility index (Phi) is 2.96. The number of aliphatic hydroxyl groups excluding tert-OH is 1. The number of aliphatic hydroxyl groups is 1. The maximum Gasteiger partial charge on any atom is 0.270 e. The van der Waals surface area contributed by atoms with Gasteiger partial charge in [0.1, 0.15) is 12.0 Å². The Bertz CT molecular complexity index is 557. The van der Waals surface area contributed by atoms with Gasteiger partial charge in [0.15, 0.2) is 0 Å². The molecule has 2 aromatic heterocycles. The van der Waals surface area contributed by atoms with E-state index in [4.69, 9.17) is 0 Å². The molecule has 0 radical (unpaired) electrons. The lowest BCUT2D eigenvalue weighted by molar-refractivity contribution is -0.00595. The molecule has 0 aromatic carbocycles. The van der Waals surface area contributed by atoms with E-state index in [1.165, 1.54) is 12.5 Å². The van der Waals surface area contributed by atoms with E-state index in [0.717, 1.165) is 0 Å². The molecule has 19 heavy (non-hydrogen) atoms. The van der Waals surface area contributed by atoms with Crippen molar-refractivity contribution in [2.45, 2.75) is 24.6 Å². The Morgan fingerprint density at radius 2 is 2.37 bits per heavy atom. The van der Waals surface area contributed by atoms with Crippen LogP contribution in [0, 0.1) is 0 Å². The first kappa shape index (κ1) is 11.8. The molecule has 1 fully saturated rings. The molecular weight excluding hydrogens is 246 g/mol. The minimum atomic E-state index is -0.490. The van der Waals surface area contributed by atoms with Crippen LogP contribution in [-0.2, 0) is 0 Å². The normalized spacial score (nSPS) is 25.6. The van der Waals surface area contributed by atoms with Gasteiger partial charge in [-0.15, -0.1) is 0 Å². The number of carbonyl (C=O) groups is 1. The van der Waals surface area contributed by atoms with E-state index in [9.17, 15) is 9.90 Å². The third-order valence-electron chi connectivity index (χ3n) is 3.26. The van der Waals surface area contributed by atoms with Crippen molar-refractivity contribution in [1.29, 1.82) is 0 Å². The lowest BCUT2D eigenvalue weighted by Gasteiger charge is -2.41. The molecule has 0 spiro atoms. The lowest BCUT2D eigenvalue weighted by Crippen LogP contribution is -2.56. The molecule has 1 amide bonds. The zero-order valence-electron chi connectivity index (χ0n) is 10.0. The van der Waals surface area contributed by atoms with Crippen molar-refractivity contribution in [3.05, 3.63) is 42.7 Å². The third kappa shape index (κ3) is 2.19. The van der Waals surface area contributed by atoms with Crippen LogP contribution < -0.4 is 5.32 Å². The second-order valence-corrected chi connectivity index (χ2v) is 4.45. The smallest absolute Gasteiger partial charge is 0.270 e. The molecule has 1 aliphatic rings. The van der Waals surface area contributed by atoms with E-state index >= 15 is 0 Å². The highest BCUT2D eigenvalue weighted by Gasteiger charge is 2.42. The summed E-state index contributed by atoms with van der Waals surface area (Å²) in [6.45, 7) is 0. The summed E-state index contributed by atoms with van der Waals surface area (Å²) in [5, 5.41) is 16.7. The van der Waals surface area contributed by atoms with E-state index in [-0.39, 0.29) is 18.0 Å². The van der Waals surface area contributed by atoms with E-state index in [2.05, 4.69) is 20.4 Å². The van der Waals surface area contributed by atoms with Gasteiger partial charge >= 0.3 is 0 Å². The van der Waals surface area contributed by atoms with E-state index < -0.39 is 6.10 Å². The van der Waals surface area contributed by atoms with Gasteiger partial charge in [-0.05, 0) is 18.6 Å². The Hall–Kier alpha value is -2.28. The topological polar surface area (TPSA) is 92.9 Å². The highest BCUT2D eigenvalue weighted by Crippen LogP contribution is 2.32. The summed E-state index contributed by atoms with van der Waals surface area (Å²) in [5.41, 5.74) is 0.315. The van der Waals surface area contributed by atoms with Crippen molar-refractivity contribution in [3.8, 4) is 0 Å². The van der Waals surface area contributed by atoms with E-state index in [1.54, 1.807) is 29.2 Å². The monoisotopic (exact) mass is 259 g/mol. The standard InChI is InChI=1S/C12H13N5O2/c18-10-6-9(11(10)17-5-1-3-15-17)16-12(19)8-2-4-13-7-14-8/h1-5,7,9-11,18H,6H2,(H,16,19)/t9-,10+,11+/m0/s1. The first-order valence-electron chi connectivity index (χ1n) is 6.00.